The highest BCUT2D eigenvalue weighted by Crippen LogP contribution is 2.21. The van der Waals surface area contributed by atoms with Gasteiger partial charge in [-0.05, 0) is 55.3 Å². The quantitative estimate of drug-likeness (QED) is 0.573. The molecular weight excluding hydrogens is 416 g/mol. The van der Waals surface area contributed by atoms with E-state index in [0.717, 1.165) is 29.4 Å². The summed E-state index contributed by atoms with van der Waals surface area (Å²) in [7, 11) is 1.76. The van der Waals surface area contributed by atoms with Crippen LogP contribution in [0, 0.1) is 0 Å². The number of halogens is 1. The minimum Gasteiger partial charge on any atom is -0.508 e. The molecule has 0 saturated carbocycles. The van der Waals surface area contributed by atoms with Crippen LogP contribution in [0.4, 0.5) is 4.79 Å². The molecule has 2 heterocycles. The molecule has 2 aromatic carbocycles. The van der Waals surface area contributed by atoms with E-state index in [2.05, 4.69) is 10.3 Å². The summed E-state index contributed by atoms with van der Waals surface area (Å²) in [5.74, 6) is -0.0682. The van der Waals surface area contributed by atoms with E-state index < -0.39 is 0 Å². The highest BCUT2D eigenvalue weighted by Gasteiger charge is 2.29. The Morgan fingerprint density at radius 1 is 1.26 bits per heavy atom. The lowest BCUT2D eigenvalue weighted by molar-refractivity contribution is 0.0636. The van der Waals surface area contributed by atoms with Crippen LogP contribution >= 0.6 is 11.6 Å². The Morgan fingerprint density at radius 2 is 2.10 bits per heavy atom. The summed E-state index contributed by atoms with van der Waals surface area (Å²) in [6.45, 7) is 1.47. The van der Waals surface area contributed by atoms with Crippen LogP contribution in [0.5, 0.6) is 5.75 Å². The molecular formula is C23H25ClN4O3. The second kappa shape index (κ2) is 8.89. The highest BCUT2D eigenvalue weighted by molar-refractivity contribution is 6.31. The molecule has 4 rings (SSSR count). The van der Waals surface area contributed by atoms with Gasteiger partial charge in [0.2, 0.25) is 0 Å². The van der Waals surface area contributed by atoms with E-state index in [9.17, 15) is 14.7 Å². The van der Waals surface area contributed by atoms with E-state index in [4.69, 9.17) is 11.6 Å². The van der Waals surface area contributed by atoms with E-state index in [0.29, 0.717) is 30.2 Å². The fourth-order valence-electron chi connectivity index (χ4n) is 4.00. The molecule has 3 N–H and O–H groups in total. The minimum absolute atomic E-state index is 0.0650. The molecule has 1 atom stereocenters. The van der Waals surface area contributed by atoms with Gasteiger partial charge in [0.25, 0.3) is 5.91 Å². The number of likely N-dealkylation sites (tertiary alicyclic amines) is 1. The molecule has 1 aliphatic rings. The Balaban J connectivity index is 1.35. The predicted octanol–water partition coefficient (Wildman–Crippen LogP) is 3.97. The molecule has 0 aliphatic carbocycles. The number of H-pyrrole nitrogens is 1. The first-order valence-corrected chi connectivity index (χ1v) is 10.6. The van der Waals surface area contributed by atoms with Crippen molar-refractivity contribution < 1.29 is 14.7 Å². The van der Waals surface area contributed by atoms with Crippen LogP contribution in [0.3, 0.4) is 0 Å². The van der Waals surface area contributed by atoms with Gasteiger partial charge in [0, 0.05) is 47.3 Å². The number of piperidine rings is 1. The molecule has 1 aromatic heterocycles. The second-order valence-corrected chi connectivity index (χ2v) is 8.33. The second-order valence-electron chi connectivity index (χ2n) is 7.89. The van der Waals surface area contributed by atoms with Crippen LogP contribution in [0.2, 0.25) is 5.02 Å². The zero-order valence-corrected chi connectivity index (χ0v) is 18.0. The van der Waals surface area contributed by atoms with Gasteiger partial charge in [-0.1, -0.05) is 17.7 Å². The smallest absolute Gasteiger partial charge is 0.317 e. The van der Waals surface area contributed by atoms with Crippen LogP contribution in [0.15, 0.2) is 48.5 Å². The number of phenolic OH excluding ortho intramolecular Hbond substituents is 1. The zero-order valence-electron chi connectivity index (χ0n) is 17.3. The molecule has 0 radical (unpaired) electrons. The van der Waals surface area contributed by atoms with Gasteiger partial charge >= 0.3 is 6.03 Å². The third kappa shape index (κ3) is 4.77. The monoisotopic (exact) mass is 440 g/mol. The van der Waals surface area contributed by atoms with Crippen molar-refractivity contribution in [3.63, 3.8) is 0 Å². The molecule has 0 spiro atoms. The van der Waals surface area contributed by atoms with Gasteiger partial charge in [-0.25, -0.2) is 4.79 Å². The lowest BCUT2D eigenvalue weighted by Gasteiger charge is -2.37. The lowest BCUT2D eigenvalue weighted by Crippen LogP contribution is -2.52. The van der Waals surface area contributed by atoms with E-state index >= 15 is 0 Å². The first-order valence-electron chi connectivity index (χ1n) is 10.3. The largest absolute Gasteiger partial charge is 0.508 e. The number of rotatable bonds is 4. The molecule has 1 saturated heterocycles. The number of amides is 3. The van der Waals surface area contributed by atoms with Crippen LogP contribution in [-0.2, 0) is 6.54 Å². The zero-order chi connectivity index (χ0) is 22.0. The van der Waals surface area contributed by atoms with Gasteiger partial charge in [0.1, 0.15) is 5.75 Å². The Bertz CT molecular complexity index is 1110. The van der Waals surface area contributed by atoms with Crippen molar-refractivity contribution in [3.05, 3.63) is 64.8 Å². The number of carbonyl (C=O) groups excluding carboxylic acids is 2. The third-order valence-electron chi connectivity index (χ3n) is 5.71. The van der Waals surface area contributed by atoms with Crippen molar-refractivity contribution in [1.82, 2.24) is 20.1 Å². The topological polar surface area (TPSA) is 88.7 Å². The number of phenols is 1. The Kier molecular flexibility index (Phi) is 6.04. The molecule has 0 unspecified atom stereocenters. The average Bonchev–Trinajstić information content (AvgIpc) is 3.18. The number of carbonyl (C=O) groups is 2. The minimum atomic E-state index is -0.187. The number of urea groups is 1. The summed E-state index contributed by atoms with van der Waals surface area (Å²) < 4.78 is 0. The van der Waals surface area contributed by atoms with Gasteiger partial charge < -0.3 is 25.2 Å². The Morgan fingerprint density at radius 3 is 2.90 bits per heavy atom. The van der Waals surface area contributed by atoms with E-state index in [1.807, 2.05) is 24.3 Å². The Hall–Kier alpha value is -3.19. The van der Waals surface area contributed by atoms with E-state index in [1.54, 1.807) is 29.0 Å². The first-order chi connectivity index (χ1) is 14.9. The molecule has 1 fully saturated rings. The van der Waals surface area contributed by atoms with Crippen LogP contribution in [0.1, 0.15) is 28.9 Å². The molecule has 31 heavy (non-hydrogen) atoms. The number of likely N-dealkylation sites (N-methyl/N-ethyl adjacent to an activating group) is 1. The summed E-state index contributed by atoms with van der Waals surface area (Å²) >= 11 is 6.03. The predicted molar refractivity (Wildman–Crippen MR) is 120 cm³/mol. The van der Waals surface area contributed by atoms with Gasteiger partial charge in [-0.15, -0.1) is 0 Å². The number of hydrogen-bond donors (Lipinski definition) is 3. The van der Waals surface area contributed by atoms with Crippen LogP contribution in [0.25, 0.3) is 10.9 Å². The molecule has 162 valence electrons. The maximum Gasteiger partial charge on any atom is 0.317 e. The number of benzene rings is 2. The molecule has 0 bridgehead atoms. The van der Waals surface area contributed by atoms with Crippen LogP contribution in [-0.4, -0.2) is 58.0 Å². The number of aromatic nitrogens is 1. The summed E-state index contributed by atoms with van der Waals surface area (Å²) in [5, 5.41) is 14.3. The van der Waals surface area contributed by atoms with Crippen LogP contribution < -0.4 is 5.32 Å². The normalized spacial score (nSPS) is 16.3. The van der Waals surface area contributed by atoms with Crippen molar-refractivity contribution in [3.8, 4) is 5.75 Å². The molecule has 3 amide bonds. The van der Waals surface area contributed by atoms with Crippen molar-refractivity contribution in [1.29, 1.82) is 0 Å². The van der Waals surface area contributed by atoms with Gasteiger partial charge in [0.15, 0.2) is 0 Å². The van der Waals surface area contributed by atoms with Crippen molar-refractivity contribution in [2.24, 2.45) is 0 Å². The average molecular weight is 441 g/mol. The van der Waals surface area contributed by atoms with Crippen molar-refractivity contribution >= 4 is 34.4 Å². The molecule has 1 aliphatic heterocycles. The summed E-state index contributed by atoms with van der Waals surface area (Å²) in [6.07, 6.45) is 1.65. The number of nitrogens with zero attached hydrogens (tertiary/aromatic N) is 2. The van der Waals surface area contributed by atoms with E-state index in [-0.39, 0.29) is 23.7 Å². The molecule has 8 heteroatoms. The highest BCUT2D eigenvalue weighted by atomic mass is 35.5. The molecule has 3 aromatic rings. The number of hydrogen-bond acceptors (Lipinski definition) is 3. The van der Waals surface area contributed by atoms with Gasteiger partial charge in [-0.3, -0.25) is 4.79 Å². The summed E-state index contributed by atoms with van der Waals surface area (Å²) in [6, 6.07) is 13.7. The van der Waals surface area contributed by atoms with Gasteiger partial charge in [-0.2, -0.15) is 0 Å². The fourth-order valence-corrected chi connectivity index (χ4v) is 4.18. The van der Waals surface area contributed by atoms with Crippen molar-refractivity contribution in [2.75, 3.05) is 20.1 Å². The third-order valence-corrected chi connectivity index (χ3v) is 5.95. The number of aromatic amines is 1. The molecule has 7 nitrogen and oxygen atoms in total. The standard InChI is InChI=1S/C23H25ClN4O3/c1-27(23(31)25-13-18-11-16-10-17(24)7-8-21(16)26-18)19-5-3-9-28(14-19)22(30)15-4-2-6-20(29)12-15/h2,4,6-8,10-12,19,26,29H,3,5,9,13-14H2,1H3,(H,25,31)/t19-/m1/s1. The maximum absolute atomic E-state index is 12.8. The summed E-state index contributed by atoms with van der Waals surface area (Å²) in [4.78, 5) is 32.2. The number of aromatic hydroxyl groups is 1. The van der Waals surface area contributed by atoms with E-state index in [1.165, 1.54) is 12.1 Å². The lowest BCUT2D eigenvalue weighted by atomic mass is 10.0. The van der Waals surface area contributed by atoms with Crippen molar-refractivity contribution in [2.45, 2.75) is 25.4 Å². The number of nitrogens with one attached hydrogen (secondary N) is 2. The maximum atomic E-state index is 12.8. The van der Waals surface area contributed by atoms with Gasteiger partial charge in [0.05, 0.1) is 12.6 Å². The SMILES string of the molecule is CN(C(=O)NCc1cc2cc(Cl)ccc2[nH]1)[C@@H]1CCCN(C(=O)c2cccc(O)c2)C1. The first kappa shape index (κ1) is 21.1. The Labute approximate surface area is 185 Å². The number of fused-ring (bicyclic) bond motifs is 1. The fraction of sp³-hybridized carbons (Fsp3) is 0.304. The summed E-state index contributed by atoms with van der Waals surface area (Å²) in [5.41, 5.74) is 2.31.